The number of amides is 1. The number of unbranched alkanes of at least 4 members (excludes halogenated alkanes) is 13. The summed E-state index contributed by atoms with van der Waals surface area (Å²) in [6.45, 7) is 1.61. The molecular weight excluding hydrogens is 398 g/mol. The molecule has 0 bridgehead atoms. The molecule has 0 aliphatic rings. The number of hydrogen-bond acceptors (Lipinski definition) is 4. The molecule has 1 amide bonds. The Bertz CT molecular complexity index is 481. The van der Waals surface area contributed by atoms with Crippen LogP contribution in [-0.4, -0.2) is 45.3 Å². The van der Waals surface area contributed by atoms with Gasteiger partial charge in [0.15, 0.2) is 0 Å². The fourth-order valence-electron chi connectivity index (χ4n) is 3.61. The van der Waals surface area contributed by atoms with Gasteiger partial charge in [0.05, 0.1) is 6.10 Å². The molecule has 0 aromatic carbocycles. The largest absolute Gasteiger partial charge is 0.481 e. The Kier molecular flexibility index (Phi) is 19.2. The Morgan fingerprint density at radius 1 is 0.645 bits per heavy atom. The van der Waals surface area contributed by atoms with Crippen LogP contribution >= 0.6 is 0 Å². The number of aliphatic hydroxyl groups is 1. The van der Waals surface area contributed by atoms with Gasteiger partial charge in [0, 0.05) is 12.8 Å². The van der Waals surface area contributed by atoms with Gasteiger partial charge < -0.3 is 20.6 Å². The van der Waals surface area contributed by atoms with Crippen molar-refractivity contribution in [2.75, 3.05) is 0 Å². The number of aliphatic carboxylic acids is 2. The predicted molar refractivity (Wildman–Crippen MR) is 122 cm³/mol. The minimum absolute atomic E-state index is 0.222. The fourth-order valence-corrected chi connectivity index (χ4v) is 3.61. The van der Waals surface area contributed by atoms with E-state index in [2.05, 4.69) is 5.32 Å². The van der Waals surface area contributed by atoms with Crippen molar-refractivity contribution in [2.45, 2.75) is 135 Å². The maximum absolute atomic E-state index is 11.9. The molecule has 4 N–H and O–H groups in total. The van der Waals surface area contributed by atoms with E-state index in [0.717, 1.165) is 38.5 Å². The number of carboxylic acids is 2. The van der Waals surface area contributed by atoms with E-state index in [1.807, 2.05) is 0 Å². The molecule has 0 spiro atoms. The highest BCUT2D eigenvalue weighted by Crippen LogP contribution is 2.14. The average Bonchev–Trinajstić information content (AvgIpc) is 2.70. The van der Waals surface area contributed by atoms with Crippen LogP contribution in [0, 0.1) is 0 Å². The Labute approximate surface area is 188 Å². The normalized spacial score (nSPS) is 13.0. The molecular formula is C24H45NO6. The smallest absolute Gasteiger partial charge is 0.326 e. The van der Waals surface area contributed by atoms with Crippen LogP contribution in [0.5, 0.6) is 0 Å². The zero-order valence-corrected chi connectivity index (χ0v) is 19.4. The Balaban J connectivity index is 3.42. The lowest BCUT2D eigenvalue weighted by molar-refractivity contribution is -0.142. The van der Waals surface area contributed by atoms with Crippen molar-refractivity contribution in [2.24, 2.45) is 0 Å². The second-order valence-electron chi connectivity index (χ2n) is 8.73. The molecule has 7 heteroatoms. The van der Waals surface area contributed by atoms with Gasteiger partial charge in [-0.15, -0.1) is 0 Å². The third-order valence-corrected chi connectivity index (χ3v) is 5.55. The van der Waals surface area contributed by atoms with E-state index in [0.29, 0.717) is 19.3 Å². The Morgan fingerprint density at radius 3 is 1.39 bits per heavy atom. The van der Waals surface area contributed by atoms with Crippen molar-refractivity contribution >= 4 is 17.8 Å². The third kappa shape index (κ3) is 21.4. The summed E-state index contributed by atoms with van der Waals surface area (Å²) in [6, 6.07) is -0.918. The number of nitrogens with one attached hydrogen (secondary N) is 1. The summed E-state index contributed by atoms with van der Waals surface area (Å²) in [5.41, 5.74) is 0. The standard InChI is InChI=1S/C24H45NO6/c1-20(26)18-19-21(24(30)31)25-22(27)16-14-12-10-8-6-4-2-3-5-7-9-11-13-15-17-23(28)29/h20-21,26H,2-19H2,1H3,(H,25,27)(H,28,29)(H,30,31)/t20?,21-/m0/s1. The first kappa shape index (κ1) is 29.4. The summed E-state index contributed by atoms with van der Waals surface area (Å²) in [5.74, 6) is -1.97. The Hall–Kier alpha value is -1.63. The van der Waals surface area contributed by atoms with E-state index < -0.39 is 24.1 Å². The molecule has 7 nitrogen and oxygen atoms in total. The molecule has 31 heavy (non-hydrogen) atoms. The molecule has 0 saturated heterocycles. The minimum atomic E-state index is -1.05. The first-order valence-corrected chi connectivity index (χ1v) is 12.2. The number of aliphatic hydroxyl groups excluding tert-OH is 1. The van der Waals surface area contributed by atoms with E-state index in [1.165, 1.54) is 51.4 Å². The van der Waals surface area contributed by atoms with E-state index >= 15 is 0 Å². The first-order valence-electron chi connectivity index (χ1n) is 12.2. The molecule has 0 aliphatic heterocycles. The molecule has 0 aliphatic carbocycles. The van der Waals surface area contributed by atoms with Crippen LogP contribution in [0.25, 0.3) is 0 Å². The summed E-state index contributed by atoms with van der Waals surface area (Å²) in [4.78, 5) is 33.5. The molecule has 0 rings (SSSR count). The van der Waals surface area contributed by atoms with Crippen LogP contribution < -0.4 is 5.32 Å². The highest BCUT2D eigenvalue weighted by molar-refractivity contribution is 5.83. The maximum atomic E-state index is 11.9. The minimum Gasteiger partial charge on any atom is -0.481 e. The van der Waals surface area contributed by atoms with Crippen LogP contribution in [0.15, 0.2) is 0 Å². The van der Waals surface area contributed by atoms with Crippen molar-refractivity contribution in [3.05, 3.63) is 0 Å². The van der Waals surface area contributed by atoms with Crippen molar-refractivity contribution in [1.29, 1.82) is 0 Å². The molecule has 0 aromatic heterocycles. The molecule has 0 saturated carbocycles. The molecule has 182 valence electrons. The summed E-state index contributed by atoms with van der Waals surface area (Å²) in [6.07, 6.45) is 16.4. The lowest BCUT2D eigenvalue weighted by atomic mass is 10.0. The van der Waals surface area contributed by atoms with Gasteiger partial charge in [-0.25, -0.2) is 4.79 Å². The lowest BCUT2D eigenvalue weighted by Crippen LogP contribution is -2.41. The van der Waals surface area contributed by atoms with Crippen LogP contribution in [-0.2, 0) is 14.4 Å². The highest BCUT2D eigenvalue weighted by atomic mass is 16.4. The molecule has 2 atom stereocenters. The SMILES string of the molecule is CC(O)CC[C@H](NC(=O)CCCCCCCCCCCCCCCCC(=O)O)C(=O)O. The summed E-state index contributed by atoms with van der Waals surface area (Å²) in [5, 5.41) is 29.5. The Morgan fingerprint density at radius 2 is 1.03 bits per heavy atom. The van der Waals surface area contributed by atoms with Gasteiger partial charge in [-0.2, -0.15) is 0 Å². The fraction of sp³-hybridized carbons (Fsp3) is 0.875. The number of rotatable bonds is 22. The van der Waals surface area contributed by atoms with Crippen molar-refractivity contribution in [3.8, 4) is 0 Å². The molecule has 0 aromatic rings. The van der Waals surface area contributed by atoms with Gasteiger partial charge in [-0.05, 0) is 32.6 Å². The number of carboxylic acid groups (broad SMARTS) is 2. The van der Waals surface area contributed by atoms with Gasteiger partial charge >= 0.3 is 11.9 Å². The summed E-state index contributed by atoms with van der Waals surface area (Å²) < 4.78 is 0. The van der Waals surface area contributed by atoms with E-state index in [4.69, 9.17) is 10.2 Å². The van der Waals surface area contributed by atoms with Crippen molar-refractivity contribution in [3.63, 3.8) is 0 Å². The quantitative estimate of drug-likeness (QED) is 0.174. The van der Waals surface area contributed by atoms with Crippen LogP contribution in [0.1, 0.15) is 122 Å². The predicted octanol–water partition coefficient (Wildman–Crippen LogP) is 5.04. The lowest BCUT2D eigenvalue weighted by Gasteiger charge is -2.15. The zero-order chi connectivity index (χ0) is 23.3. The topological polar surface area (TPSA) is 124 Å². The van der Waals surface area contributed by atoms with Gasteiger partial charge in [0.1, 0.15) is 6.04 Å². The maximum Gasteiger partial charge on any atom is 0.326 e. The van der Waals surface area contributed by atoms with Crippen LogP contribution in [0.2, 0.25) is 0 Å². The van der Waals surface area contributed by atoms with Crippen molar-refractivity contribution < 1.29 is 29.7 Å². The summed E-state index contributed by atoms with van der Waals surface area (Å²) >= 11 is 0. The number of carbonyl (C=O) groups is 3. The number of carbonyl (C=O) groups excluding carboxylic acids is 1. The molecule has 0 fully saturated rings. The van der Waals surface area contributed by atoms with E-state index in [1.54, 1.807) is 6.92 Å². The van der Waals surface area contributed by atoms with Gasteiger partial charge in [0.25, 0.3) is 0 Å². The highest BCUT2D eigenvalue weighted by Gasteiger charge is 2.19. The third-order valence-electron chi connectivity index (χ3n) is 5.55. The zero-order valence-electron chi connectivity index (χ0n) is 19.4. The summed E-state index contributed by atoms with van der Waals surface area (Å²) in [7, 11) is 0. The second-order valence-corrected chi connectivity index (χ2v) is 8.73. The molecule has 1 unspecified atom stereocenters. The first-order chi connectivity index (χ1) is 14.8. The van der Waals surface area contributed by atoms with Crippen molar-refractivity contribution in [1.82, 2.24) is 5.32 Å². The second kappa shape index (κ2) is 20.3. The van der Waals surface area contributed by atoms with Crippen LogP contribution in [0.4, 0.5) is 0 Å². The van der Waals surface area contributed by atoms with E-state index in [9.17, 15) is 19.5 Å². The average molecular weight is 444 g/mol. The molecule has 0 radical (unpaired) electrons. The van der Waals surface area contributed by atoms with Gasteiger partial charge in [0.2, 0.25) is 5.91 Å². The van der Waals surface area contributed by atoms with E-state index in [-0.39, 0.29) is 12.3 Å². The number of hydrogen-bond donors (Lipinski definition) is 4. The van der Waals surface area contributed by atoms with Gasteiger partial charge in [-0.3, -0.25) is 9.59 Å². The monoisotopic (exact) mass is 443 g/mol. The molecule has 0 heterocycles. The van der Waals surface area contributed by atoms with Crippen LogP contribution in [0.3, 0.4) is 0 Å². The van der Waals surface area contributed by atoms with Gasteiger partial charge in [-0.1, -0.05) is 77.0 Å².